The summed E-state index contributed by atoms with van der Waals surface area (Å²) in [6.07, 6.45) is -4.03. The van der Waals surface area contributed by atoms with E-state index in [9.17, 15) is 13.2 Å². The number of aliphatic carboxylic acids is 1. The van der Waals surface area contributed by atoms with E-state index in [0.29, 0.717) is 53.3 Å². The topological polar surface area (TPSA) is 135 Å². The van der Waals surface area contributed by atoms with Crippen LogP contribution in [-0.4, -0.2) is 104 Å². The number of ether oxygens (including phenoxy) is 1. The number of nitrogens with one attached hydrogen (secondary N) is 1. The number of carboxylic acids is 1. The van der Waals surface area contributed by atoms with E-state index in [-0.39, 0.29) is 0 Å². The normalized spacial score (nSPS) is 21.4. The number of nitrogens with two attached hydrogens (primary N) is 1. The third-order valence-electron chi connectivity index (χ3n) is 8.40. The minimum absolute atomic E-state index is 0.341. The van der Waals surface area contributed by atoms with Gasteiger partial charge in [-0.25, -0.2) is 23.8 Å². The molecule has 238 valence electrons. The maximum Gasteiger partial charge on any atom is 0.490 e. The molecule has 4 N–H and O–H groups in total. The third-order valence-corrected chi connectivity index (χ3v) is 8.40. The maximum atomic E-state index is 15.7. The molecule has 15 heteroatoms. The van der Waals surface area contributed by atoms with Crippen LogP contribution in [0.15, 0.2) is 60.9 Å². The number of carboxylic acid groups (broad SMARTS) is 1. The van der Waals surface area contributed by atoms with Gasteiger partial charge >= 0.3 is 12.1 Å². The van der Waals surface area contributed by atoms with E-state index in [1.807, 2.05) is 54.6 Å². The second-order valence-electron chi connectivity index (χ2n) is 11.3. The molecular formula is C30H32F4N8O3. The fourth-order valence-electron chi connectivity index (χ4n) is 5.81. The molecular weight excluding hydrogens is 596 g/mol. The number of piperidine rings is 1. The lowest BCUT2D eigenvalue weighted by Crippen LogP contribution is -2.69. The van der Waals surface area contributed by atoms with E-state index in [2.05, 4.69) is 25.1 Å². The van der Waals surface area contributed by atoms with E-state index in [1.165, 1.54) is 6.33 Å². The van der Waals surface area contributed by atoms with E-state index >= 15 is 4.39 Å². The molecule has 3 fully saturated rings. The smallest absolute Gasteiger partial charge is 0.475 e. The average molecular weight is 629 g/mol. The third kappa shape index (κ3) is 6.55. The van der Waals surface area contributed by atoms with Gasteiger partial charge in [-0.15, -0.1) is 0 Å². The quantitative estimate of drug-likeness (QED) is 0.271. The molecule has 0 unspecified atom stereocenters. The zero-order valence-corrected chi connectivity index (χ0v) is 24.1. The van der Waals surface area contributed by atoms with E-state index in [1.54, 1.807) is 4.68 Å². The molecule has 0 saturated carbocycles. The van der Waals surface area contributed by atoms with Gasteiger partial charge in [-0.3, -0.25) is 9.80 Å². The fourth-order valence-corrected chi connectivity index (χ4v) is 5.81. The Morgan fingerprint density at radius 2 is 1.62 bits per heavy atom. The molecule has 2 aromatic heterocycles. The van der Waals surface area contributed by atoms with Gasteiger partial charge in [0.2, 0.25) is 0 Å². The Kier molecular flexibility index (Phi) is 8.57. The summed E-state index contributed by atoms with van der Waals surface area (Å²) < 4.78 is 55.1. The standard InChI is InChI=1S/C28H31FN8O.C2HF3O2/c29-23-16-35(20-14-36(15-20)19-12-31-13-19)11-10-24(23)37-28-25(27(30)32-17-33-28)26(34-37)18-6-8-22(9-7-18)38-21-4-2-1-3-5-21;3-2(4,5)1(6)7/h1-9,17,19-20,23-24,31H,10-16H2,(H2,30,32,33);(H,6,7)/t23-,24-;/m1./s1. The lowest BCUT2D eigenvalue weighted by molar-refractivity contribution is -0.192. The van der Waals surface area contributed by atoms with Crippen LogP contribution in [0, 0.1) is 0 Å². The number of anilines is 1. The highest BCUT2D eigenvalue weighted by molar-refractivity contribution is 5.98. The molecule has 0 radical (unpaired) electrons. The molecule has 3 aliphatic heterocycles. The molecule has 0 aliphatic carbocycles. The number of benzene rings is 2. The number of likely N-dealkylation sites (tertiary alicyclic amines) is 2. The first-order chi connectivity index (χ1) is 21.6. The maximum absolute atomic E-state index is 15.7. The zero-order valence-electron chi connectivity index (χ0n) is 24.1. The molecule has 7 rings (SSSR count). The van der Waals surface area contributed by atoms with Crippen molar-refractivity contribution in [2.45, 2.75) is 36.9 Å². The number of aromatic nitrogens is 4. The molecule has 0 amide bonds. The summed E-state index contributed by atoms with van der Waals surface area (Å²) in [6, 6.07) is 18.0. The highest BCUT2D eigenvalue weighted by Gasteiger charge is 2.42. The molecule has 3 saturated heterocycles. The number of carbonyl (C=O) groups is 1. The summed E-state index contributed by atoms with van der Waals surface area (Å²) in [6.45, 7) is 5.47. The van der Waals surface area contributed by atoms with E-state index < -0.39 is 24.4 Å². The Bertz CT molecular complexity index is 1630. The lowest BCUT2D eigenvalue weighted by Gasteiger charge is -2.53. The Labute approximate surface area is 255 Å². The van der Waals surface area contributed by atoms with E-state index in [0.717, 1.165) is 44.0 Å². The van der Waals surface area contributed by atoms with E-state index in [4.69, 9.17) is 25.5 Å². The average Bonchev–Trinajstić information content (AvgIpc) is 3.35. The molecule has 2 aromatic carbocycles. The van der Waals surface area contributed by atoms with Crippen LogP contribution < -0.4 is 15.8 Å². The number of para-hydroxylation sites is 1. The van der Waals surface area contributed by atoms with Gasteiger partial charge in [0, 0.05) is 56.9 Å². The predicted octanol–water partition coefficient (Wildman–Crippen LogP) is 3.74. The van der Waals surface area contributed by atoms with Crippen molar-refractivity contribution in [3.63, 3.8) is 0 Å². The summed E-state index contributed by atoms with van der Waals surface area (Å²) in [5.41, 5.74) is 8.39. The monoisotopic (exact) mass is 628 g/mol. The van der Waals surface area contributed by atoms with Gasteiger partial charge in [-0.1, -0.05) is 18.2 Å². The number of hydrogen-bond acceptors (Lipinski definition) is 9. The van der Waals surface area contributed by atoms with Crippen LogP contribution in [0.25, 0.3) is 22.3 Å². The van der Waals surface area contributed by atoms with Crippen LogP contribution >= 0.6 is 0 Å². The first kappa shape index (κ1) is 30.7. The first-order valence-corrected chi connectivity index (χ1v) is 14.5. The van der Waals surface area contributed by atoms with Crippen molar-refractivity contribution in [3.05, 3.63) is 60.9 Å². The fraction of sp³-hybridized carbons (Fsp3) is 0.400. The summed E-state index contributed by atoms with van der Waals surface area (Å²) in [4.78, 5) is 22.4. The molecule has 3 aliphatic rings. The van der Waals surface area contributed by atoms with Crippen molar-refractivity contribution in [1.29, 1.82) is 0 Å². The predicted molar refractivity (Wildman–Crippen MR) is 158 cm³/mol. The summed E-state index contributed by atoms with van der Waals surface area (Å²) in [5, 5.41) is 16.0. The van der Waals surface area contributed by atoms with Gasteiger partial charge < -0.3 is 20.9 Å². The number of fused-ring (bicyclic) bond motifs is 1. The Morgan fingerprint density at radius 3 is 2.22 bits per heavy atom. The van der Waals surface area contributed by atoms with Gasteiger partial charge in [0.1, 0.15) is 35.5 Å². The Balaban J connectivity index is 0.000000460. The molecule has 0 bridgehead atoms. The number of halogens is 4. The van der Waals surface area contributed by atoms with Crippen LogP contribution in [0.2, 0.25) is 0 Å². The van der Waals surface area contributed by atoms with Crippen molar-refractivity contribution in [2.24, 2.45) is 0 Å². The summed E-state index contributed by atoms with van der Waals surface area (Å²) in [5.74, 6) is -0.934. The van der Waals surface area contributed by atoms with Crippen LogP contribution in [-0.2, 0) is 4.79 Å². The van der Waals surface area contributed by atoms with Crippen molar-refractivity contribution in [1.82, 2.24) is 34.9 Å². The van der Waals surface area contributed by atoms with Gasteiger partial charge in [0.25, 0.3) is 0 Å². The Morgan fingerprint density at radius 1 is 0.956 bits per heavy atom. The second kappa shape index (κ2) is 12.6. The number of nitrogens with zero attached hydrogens (tertiary/aromatic N) is 6. The van der Waals surface area contributed by atoms with Gasteiger partial charge in [-0.2, -0.15) is 18.3 Å². The highest BCUT2D eigenvalue weighted by Crippen LogP contribution is 2.36. The molecule has 5 heterocycles. The SMILES string of the molecule is Nc1ncnc2c1c(-c1ccc(Oc3ccccc3)cc1)nn2[C@@H]1CCN(C2CN(C3CNC3)C2)C[C@H]1F.O=C(O)C(F)(F)F. The number of nitrogen functional groups attached to an aromatic ring is 1. The molecule has 11 nitrogen and oxygen atoms in total. The molecule has 4 aromatic rings. The van der Waals surface area contributed by atoms with Crippen LogP contribution in [0.5, 0.6) is 11.5 Å². The van der Waals surface area contributed by atoms with Crippen LogP contribution in [0.3, 0.4) is 0 Å². The van der Waals surface area contributed by atoms with Crippen molar-refractivity contribution in [2.75, 3.05) is 45.0 Å². The highest BCUT2D eigenvalue weighted by atomic mass is 19.4. The minimum atomic E-state index is -5.08. The second-order valence-corrected chi connectivity index (χ2v) is 11.3. The van der Waals surface area contributed by atoms with Crippen LogP contribution in [0.4, 0.5) is 23.4 Å². The zero-order chi connectivity index (χ0) is 31.7. The Hall–Kier alpha value is -4.34. The number of hydrogen-bond donors (Lipinski definition) is 3. The van der Waals surface area contributed by atoms with Gasteiger partial charge in [0.15, 0.2) is 5.65 Å². The minimum Gasteiger partial charge on any atom is -0.475 e. The molecule has 2 atom stereocenters. The van der Waals surface area contributed by atoms with Crippen LogP contribution in [0.1, 0.15) is 12.5 Å². The number of rotatable bonds is 6. The van der Waals surface area contributed by atoms with Crippen molar-refractivity contribution in [3.8, 4) is 22.8 Å². The van der Waals surface area contributed by atoms with Crippen molar-refractivity contribution >= 4 is 22.8 Å². The van der Waals surface area contributed by atoms with Gasteiger partial charge in [0.05, 0.1) is 11.4 Å². The lowest BCUT2D eigenvalue weighted by atomic mass is 9.96. The summed E-state index contributed by atoms with van der Waals surface area (Å²) in [7, 11) is 0. The molecule has 0 spiro atoms. The van der Waals surface area contributed by atoms with Gasteiger partial charge in [-0.05, 0) is 42.8 Å². The summed E-state index contributed by atoms with van der Waals surface area (Å²) >= 11 is 0. The molecule has 45 heavy (non-hydrogen) atoms. The van der Waals surface area contributed by atoms with Crippen molar-refractivity contribution < 1.29 is 32.2 Å². The first-order valence-electron chi connectivity index (χ1n) is 14.5. The largest absolute Gasteiger partial charge is 0.490 e. The number of alkyl halides is 4.